The van der Waals surface area contributed by atoms with Crippen LogP contribution in [0.25, 0.3) is 10.9 Å². The maximum atomic E-state index is 12.6. The third-order valence-corrected chi connectivity index (χ3v) is 5.78. The van der Waals surface area contributed by atoms with Crippen LogP contribution < -0.4 is 9.64 Å². The normalized spacial score (nSPS) is 14.8. The lowest BCUT2D eigenvalue weighted by atomic mass is 10.1. The molecule has 0 fully saturated rings. The minimum Gasteiger partial charge on any atom is -0.481 e. The Morgan fingerprint density at radius 3 is 2.49 bits per heavy atom. The molecule has 0 aliphatic carbocycles. The molecule has 2 aromatic carbocycles. The van der Waals surface area contributed by atoms with Gasteiger partial charge in [0.25, 0.3) is 0 Å². The molecule has 0 amide bonds. The second kappa shape index (κ2) is 10.5. The van der Waals surface area contributed by atoms with E-state index in [0.29, 0.717) is 23.2 Å². The third kappa shape index (κ3) is 5.24. The number of rotatable bonds is 9. The highest BCUT2D eigenvalue weighted by atomic mass is 16.6. The highest BCUT2D eigenvalue weighted by molar-refractivity contribution is 5.98. The Kier molecular flexibility index (Phi) is 7.24. The van der Waals surface area contributed by atoms with Crippen molar-refractivity contribution in [1.29, 1.82) is 0 Å². The Hall–Kier alpha value is -4.01. The number of benzene rings is 2. The molecular weight excluding hydrogens is 452 g/mol. The summed E-state index contributed by atoms with van der Waals surface area (Å²) in [5, 5.41) is 9.92. The molecule has 0 saturated heterocycles. The number of aryl methyl sites for hydroxylation is 1. The molecule has 184 valence electrons. The average molecular weight is 481 g/mol. The fourth-order valence-electron chi connectivity index (χ4n) is 4.24. The minimum absolute atomic E-state index is 0.108. The molecule has 0 spiro atoms. The first kappa shape index (κ1) is 24.1. The second-order valence-corrected chi connectivity index (χ2v) is 8.15. The molecule has 4 rings (SSSR count). The summed E-state index contributed by atoms with van der Waals surface area (Å²) in [6.45, 7) is 4.83. The van der Waals surface area contributed by atoms with Crippen molar-refractivity contribution in [2.75, 3.05) is 24.7 Å². The van der Waals surface area contributed by atoms with Crippen molar-refractivity contribution in [3.8, 4) is 5.75 Å². The van der Waals surface area contributed by atoms with Crippen LogP contribution in [0.5, 0.6) is 5.75 Å². The van der Waals surface area contributed by atoms with Gasteiger partial charge in [-0.25, -0.2) is 9.59 Å². The smallest absolute Gasteiger partial charge is 0.354 e. The molecular formula is C26H28N2O7. The number of hydrogen-bond acceptors (Lipinski definition) is 7. The molecule has 1 unspecified atom stereocenters. The SMILES string of the molecule is CCOC(=O)c1cc2cc3c(cc2n1CCC(=O)O)N(Cc1ccccc1)CC(C(=O)OCC)O3. The molecule has 1 N–H and O–H groups in total. The second-order valence-electron chi connectivity index (χ2n) is 8.15. The minimum atomic E-state index is -0.967. The van der Waals surface area contributed by atoms with Crippen LogP contribution in [0.15, 0.2) is 48.5 Å². The lowest BCUT2D eigenvalue weighted by Gasteiger charge is -2.35. The van der Waals surface area contributed by atoms with Crippen molar-refractivity contribution in [2.24, 2.45) is 0 Å². The van der Waals surface area contributed by atoms with E-state index in [9.17, 15) is 19.5 Å². The van der Waals surface area contributed by atoms with Crippen molar-refractivity contribution < 1.29 is 33.7 Å². The molecule has 2 heterocycles. The number of aliphatic carboxylic acids is 1. The topological polar surface area (TPSA) is 107 Å². The van der Waals surface area contributed by atoms with Crippen LogP contribution >= 0.6 is 0 Å². The Bertz CT molecular complexity index is 1240. The van der Waals surface area contributed by atoms with Gasteiger partial charge in [0.15, 0.2) is 0 Å². The van der Waals surface area contributed by atoms with Gasteiger partial charge < -0.3 is 28.8 Å². The maximum Gasteiger partial charge on any atom is 0.354 e. The van der Waals surface area contributed by atoms with Crippen molar-refractivity contribution in [1.82, 2.24) is 4.57 Å². The highest BCUT2D eigenvalue weighted by Crippen LogP contribution is 2.39. The van der Waals surface area contributed by atoms with E-state index in [0.717, 1.165) is 11.3 Å². The van der Waals surface area contributed by atoms with E-state index in [2.05, 4.69) is 0 Å². The molecule has 1 aromatic heterocycles. The van der Waals surface area contributed by atoms with Crippen LogP contribution in [0.1, 0.15) is 36.3 Å². The number of esters is 2. The number of anilines is 1. The van der Waals surface area contributed by atoms with Crippen LogP contribution in [0.3, 0.4) is 0 Å². The first-order chi connectivity index (χ1) is 16.9. The van der Waals surface area contributed by atoms with Gasteiger partial charge in [-0.05, 0) is 37.6 Å². The van der Waals surface area contributed by atoms with Crippen molar-refractivity contribution in [2.45, 2.75) is 39.5 Å². The quantitative estimate of drug-likeness (QED) is 0.463. The predicted molar refractivity (Wildman–Crippen MR) is 129 cm³/mol. The fourth-order valence-corrected chi connectivity index (χ4v) is 4.24. The molecule has 0 bridgehead atoms. The van der Waals surface area contributed by atoms with E-state index >= 15 is 0 Å². The third-order valence-electron chi connectivity index (χ3n) is 5.78. The molecule has 35 heavy (non-hydrogen) atoms. The lowest BCUT2D eigenvalue weighted by Crippen LogP contribution is -2.45. The molecule has 1 aliphatic rings. The summed E-state index contributed by atoms with van der Waals surface area (Å²) in [4.78, 5) is 38.5. The van der Waals surface area contributed by atoms with Crippen LogP contribution in [0.2, 0.25) is 0 Å². The molecule has 1 aliphatic heterocycles. The Balaban J connectivity index is 1.81. The summed E-state index contributed by atoms with van der Waals surface area (Å²) in [6, 6.07) is 15.1. The largest absolute Gasteiger partial charge is 0.481 e. The molecule has 0 radical (unpaired) electrons. The fraction of sp³-hybridized carbons (Fsp3) is 0.346. The molecule has 9 heteroatoms. The number of hydrogen-bond donors (Lipinski definition) is 1. The number of carbonyl (C=O) groups excluding carboxylic acids is 2. The highest BCUT2D eigenvalue weighted by Gasteiger charge is 2.33. The zero-order chi connectivity index (χ0) is 24.9. The van der Waals surface area contributed by atoms with Crippen LogP contribution in [0, 0.1) is 0 Å². The van der Waals surface area contributed by atoms with Gasteiger partial charge in [-0.3, -0.25) is 4.79 Å². The van der Waals surface area contributed by atoms with E-state index < -0.39 is 24.0 Å². The van der Waals surface area contributed by atoms with E-state index in [-0.39, 0.29) is 38.4 Å². The number of carbonyl (C=O) groups is 3. The molecule has 3 aromatic rings. The molecule has 0 saturated carbocycles. The van der Waals surface area contributed by atoms with E-state index in [4.69, 9.17) is 14.2 Å². The molecule has 9 nitrogen and oxygen atoms in total. The van der Waals surface area contributed by atoms with Gasteiger partial charge in [-0.2, -0.15) is 0 Å². The van der Waals surface area contributed by atoms with Crippen LogP contribution in [-0.4, -0.2) is 53.4 Å². The van der Waals surface area contributed by atoms with Gasteiger partial charge in [0, 0.05) is 18.5 Å². The Morgan fingerprint density at radius 1 is 1.06 bits per heavy atom. The predicted octanol–water partition coefficient (Wildman–Crippen LogP) is 3.62. The Labute approximate surface area is 202 Å². The first-order valence-corrected chi connectivity index (χ1v) is 11.6. The zero-order valence-corrected chi connectivity index (χ0v) is 19.7. The van der Waals surface area contributed by atoms with Gasteiger partial charge in [0.1, 0.15) is 11.4 Å². The maximum absolute atomic E-state index is 12.6. The number of carboxylic acid groups (broad SMARTS) is 1. The van der Waals surface area contributed by atoms with Gasteiger partial charge >= 0.3 is 17.9 Å². The van der Waals surface area contributed by atoms with Gasteiger partial charge in [-0.1, -0.05) is 30.3 Å². The monoisotopic (exact) mass is 480 g/mol. The zero-order valence-electron chi connectivity index (χ0n) is 19.7. The number of aromatic nitrogens is 1. The number of fused-ring (bicyclic) bond motifs is 2. The van der Waals surface area contributed by atoms with Gasteiger partial charge in [0.05, 0.1) is 37.4 Å². The van der Waals surface area contributed by atoms with Gasteiger partial charge in [-0.15, -0.1) is 0 Å². The average Bonchev–Trinajstić information content (AvgIpc) is 3.20. The van der Waals surface area contributed by atoms with Crippen molar-refractivity contribution in [3.05, 3.63) is 59.8 Å². The summed E-state index contributed by atoms with van der Waals surface area (Å²) in [6.07, 6.45) is -0.954. The first-order valence-electron chi connectivity index (χ1n) is 11.6. The summed E-state index contributed by atoms with van der Waals surface area (Å²) >= 11 is 0. The van der Waals surface area contributed by atoms with E-state index in [1.54, 1.807) is 30.5 Å². The summed E-state index contributed by atoms with van der Waals surface area (Å²) in [7, 11) is 0. The van der Waals surface area contributed by atoms with Crippen LogP contribution in [0.4, 0.5) is 5.69 Å². The number of nitrogens with zero attached hydrogens (tertiary/aromatic N) is 2. The van der Waals surface area contributed by atoms with E-state index in [1.807, 2.05) is 41.3 Å². The number of carboxylic acids is 1. The van der Waals surface area contributed by atoms with Gasteiger partial charge in [0.2, 0.25) is 6.10 Å². The van der Waals surface area contributed by atoms with Crippen molar-refractivity contribution in [3.63, 3.8) is 0 Å². The van der Waals surface area contributed by atoms with E-state index in [1.165, 1.54) is 0 Å². The summed E-state index contributed by atoms with van der Waals surface area (Å²) in [5.41, 5.74) is 2.75. The van der Waals surface area contributed by atoms with Crippen LogP contribution in [-0.2, 0) is 32.2 Å². The lowest BCUT2D eigenvalue weighted by molar-refractivity contribution is -0.151. The molecule has 1 atom stereocenters. The summed E-state index contributed by atoms with van der Waals surface area (Å²) in [5.74, 6) is -1.45. The van der Waals surface area contributed by atoms with Crippen molar-refractivity contribution >= 4 is 34.5 Å². The standard InChI is InChI=1S/C26H28N2O7/c1-3-33-25(31)21-12-18-13-22-20(14-19(18)28(21)11-10-24(29)30)27(15-17-8-6-5-7-9-17)16-23(35-22)26(32)34-4-2/h5-9,12-14,23H,3-4,10-11,15-16H2,1-2H3,(H,29,30). The summed E-state index contributed by atoms with van der Waals surface area (Å²) < 4.78 is 18.1. The Morgan fingerprint density at radius 2 is 1.80 bits per heavy atom. The number of ether oxygens (including phenoxy) is 3.